The van der Waals surface area contributed by atoms with Crippen molar-refractivity contribution < 1.29 is 19.1 Å². The van der Waals surface area contributed by atoms with Gasteiger partial charge >= 0.3 is 0 Å². The van der Waals surface area contributed by atoms with Crippen molar-refractivity contribution in [1.82, 2.24) is 4.90 Å². The maximum Gasteiger partial charge on any atom is 0.294 e. The highest BCUT2D eigenvalue weighted by Gasteiger charge is 2.36. The molecule has 0 bridgehead atoms. The Labute approximate surface area is 213 Å². The molecule has 1 fully saturated rings. The van der Waals surface area contributed by atoms with E-state index in [-0.39, 0.29) is 11.4 Å². The maximum absolute atomic E-state index is 12.8. The van der Waals surface area contributed by atoms with E-state index in [2.05, 4.69) is 66.4 Å². The molecule has 3 amide bonds. The number of halogens is 3. The fourth-order valence-electron chi connectivity index (χ4n) is 2.64. The second kappa shape index (κ2) is 10.5. The molecule has 30 heavy (non-hydrogen) atoms. The minimum absolute atomic E-state index is 0.259. The zero-order valence-electron chi connectivity index (χ0n) is 15.6. The molecule has 0 aliphatic carbocycles. The third-order valence-corrected chi connectivity index (χ3v) is 6.78. The largest absolute Gasteiger partial charge is 0.492 e. The lowest BCUT2D eigenvalue weighted by Gasteiger charge is -2.13. The first kappa shape index (κ1) is 23.5. The molecule has 0 radical (unpaired) electrons. The molecule has 0 saturated carbocycles. The second-order valence-corrected chi connectivity index (χ2v) is 10.4. The summed E-state index contributed by atoms with van der Waals surface area (Å²) in [7, 11) is 0. The molecule has 10 heteroatoms. The molecule has 1 aliphatic rings. The van der Waals surface area contributed by atoms with Crippen molar-refractivity contribution in [3.05, 3.63) is 58.5 Å². The molecule has 0 unspecified atom stereocenters. The number of imide groups is 1. The van der Waals surface area contributed by atoms with E-state index in [4.69, 9.17) is 4.74 Å². The van der Waals surface area contributed by atoms with E-state index in [1.54, 1.807) is 30.3 Å². The van der Waals surface area contributed by atoms with Gasteiger partial charge in [-0.05, 0) is 106 Å². The van der Waals surface area contributed by atoms with Crippen LogP contribution in [0.4, 0.5) is 10.5 Å². The lowest BCUT2D eigenvalue weighted by Crippen LogP contribution is -2.36. The van der Waals surface area contributed by atoms with Gasteiger partial charge in [0.05, 0.1) is 15.1 Å². The Morgan fingerprint density at radius 2 is 1.93 bits per heavy atom. The van der Waals surface area contributed by atoms with Gasteiger partial charge in [0, 0.05) is 19.3 Å². The van der Waals surface area contributed by atoms with Crippen LogP contribution in [-0.4, -0.2) is 35.1 Å². The first-order valence-corrected chi connectivity index (χ1v) is 12.5. The molecule has 3 rings (SSSR count). The zero-order chi connectivity index (χ0) is 21.8. The van der Waals surface area contributed by atoms with E-state index < -0.39 is 17.1 Å². The van der Waals surface area contributed by atoms with Gasteiger partial charge in [-0.15, -0.1) is 0 Å². The number of amides is 3. The molecule has 156 valence electrons. The van der Waals surface area contributed by atoms with Crippen molar-refractivity contribution in [3.63, 3.8) is 0 Å². The Hall–Kier alpha value is -1.12. The van der Waals surface area contributed by atoms with E-state index in [9.17, 15) is 14.4 Å². The molecule has 1 N–H and O–H groups in total. The number of nitrogens with one attached hydrogen (secondary N) is 1. The number of ether oxygens (including phenoxy) is 1. The number of anilines is 1. The van der Waals surface area contributed by atoms with Crippen LogP contribution in [0.1, 0.15) is 12.5 Å². The van der Waals surface area contributed by atoms with E-state index >= 15 is 0 Å². The van der Waals surface area contributed by atoms with E-state index in [0.717, 1.165) is 33.8 Å². The van der Waals surface area contributed by atoms with Crippen LogP contribution in [0.5, 0.6) is 5.75 Å². The summed E-state index contributed by atoms with van der Waals surface area (Å²) in [6.07, 6.45) is 1.65. The van der Waals surface area contributed by atoms with Crippen LogP contribution in [0.3, 0.4) is 0 Å². The van der Waals surface area contributed by atoms with Crippen LogP contribution in [0.15, 0.2) is 45.8 Å². The predicted octanol–water partition coefficient (Wildman–Crippen LogP) is 5.73. The average Bonchev–Trinajstić information content (AvgIpc) is 2.94. The van der Waals surface area contributed by atoms with Crippen LogP contribution in [-0.2, 0) is 9.59 Å². The number of carbonyl (C=O) groups excluding carboxylic acids is 3. The molecule has 0 aromatic heterocycles. The SMILES string of the molecule is CCOc1c(I)cc(I)cc1/C=C1/SC(=O)N(CC(=O)Nc2ccc(Br)cc2)C1=O. The first-order chi connectivity index (χ1) is 14.3. The number of rotatable bonds is 6. The summed E-state index contributed by atoms with van der Waals surface area (Å²) in [4.78, 5) is 38.7. The van der Waals surface area contributed by atoms with Crippen LogP contribution in [0.2, 0.25) is 0 Å². The van der Waals surface area contributed by atoms with Crippen LogP contribution in [0, 0.1) is 7.14 Å². The molecular formula is C20H15BrI2N2O4S. The molecule has 6 nitrogen and oxygen atoms in total. The molecule has 1 heterocycles. The van der Waals surface area contributed by atoms with Crippen molar-refractivity contribution in [3.8, 4) is 5.75 Å². The third-order valence-electron chi connectivity index (χ3n) is 3.92. The van der Waals surface area contributed by atoms with Gasteiger partial charge in [-0.25, -0.2) is 0 Å². The Morgan fingerprint density at radius 1 is 1.23 bits per heavy atom. The van der Waals surface area contributed by atoms with Gasteiger partial charge in [0.2, 0.25) is 5.91 Å². The lowest BCUT2D eigenvalue weighted by atomic mass is 10.2. The number of nitrogens with zero attached hydrogens (tertiary/aromatic N) is 1. The van der Waals surface area contributed by atoms with E-state index in [1.165, 1.54) is 0 Å². The summed E-state index contributed by atoms with van der Waals surface area (Å²) in [5, 5.41) is 2.21. The molecule has 1 saturated heterocycles. The predicted molar refractivity (Wildman–Crippen MR) is 138 cm³/mol. The summed E-state index contributed by atoms with van der Waals surface area (Å²) in [6.45, 7) is 2.02. The minimum atomic E-state index is -0.493. The van der Waals surface area contributed by atoms with Gasteiger partial charge in [0.25, 0.3) is 11.1 Å². The van der Waals surface area contributed by atoms with Crippen LogP contribution < -0.4 is 10.1 Å². The fourth-order valence-corrected chi connectivity index (χ4v) is 5.78. The quantitative estimate of drug-likeness (QED) is 0.306. The van der Waals surface area contributed by atoms with Gasteiger partial charge in [-0.3, -0.25) is 19.3 Å². The summed E-state index contributed by atoms with van der Waals surface area (Å²) >= 11 is 8.51. The normalized spacial score (nSPS) is 15.1. The Balaban J connectivity index is 1.78. The Kier molecular flexibility index (Phi) is 8.21. The first-order valence-electron chi connectivity index (χ1n) is 8.71. The molecule has 0 spiro atoms. The monoisotopic (exact) mass is 712 g/mol. The van der Waals surface area contributed by atoms with Crippen molar-refractivity contribution in [2.75, 3.05) is 18.5 Å². The highest BCUT2D eigenvalue weighted by molar-refractivity contribution is 14.1. The van der Waals surface area contributed by atoms with Gasteiger partial charge in [0.15, 0.2) is 0 Å². The van der Waals surface area contributed by atoms with Gasteiger partial charge < -0.3 is 10.1 Å². The maximum atomic E-state index is 12.8. The van der Waals surface area contributed by atoms with E-state index in [0.29, 0.717) is 18.0 Å². The van der Waals surface area contributed by atoms with Crippen molar-refractivity contribution in [1.29, 1.82) is 0 Å². The van der Waals surface area contributed by atoms with Gasteiger partial charge in [0.1, 0.15) is 12.3 Å². The van der Waals surface area contributed by atoms with E-state index in [1.807, 2.05) is 19.1 Å². The standard InChI is InChI=1S/C20H15BrI2N2O4S/c1-2-29-18-11(7-13(22)9-15(18)23)8-16-19(27)25(20(28)30-16)10-17(26)24-14-5-3-12(21)4-6-14/h3-9H,2,10H2,1H3,(H,24,26)/b16-8+. The van der Waals surface area contributed by atoms with Crippen molar-refractivity contribution >= 4 is 102 Å². The van der Waals surface area contributed by atoms with Crippen molar-refractivity contribution in [2.45, 2.75) is 6.92 Å². The highest BCUT2D eigenvalue weighted by Crippen LogP contribution is 2.36. The average molecular weight is 713 g/mol. The summed E-state index contributed by atoms with van der Waals surface area (Å²) in [5.41, 5.74) is 1.30. The van der Waals surface area contributed by atoms with Crippen LogP contribution in [0.25, 0.3) is 6.08 Å². The number of hydrogen-bond donors (Lipinski definition) is 1. The lowest BCUT2D eigenvalue weighted by molar-refractivity contribution is -0.127. The van der Waals surface area contributed by atoms with Gasteiger partial charge in [-0.2, -0.15) is 0 Å². The minimum Gasteiger partial charge on any atom is -0.492 e. The summed E-state index contributed by atoms with van der Waals surface area (Å²) in [5.74, 6) is -0.273. The number of carbonyl (C=O) groups is 3. The fraction of sp³-hybridized carbons (Fsp3) is 0.150. The smallest absolute Gasteiger partial charge is 0.294 e. The molecule has 1 aliphatic heterocycles. The Morgan fingerprint density at radius 3 is 2.60 bits per heavy atom. The van der Waals surface area contributed by atoms with Crippen molar-refractivity contribution in [2.24, 2.45) is 0 Å². The molecular weight excluding hydrogens is 698 g/mol. The number of thioether (sulfide) groups is 1. The molecule has 0 atom stereocenters. The number of benzene rings is 2. The number of hydrogen-bond acceptors (Lipinski definition) is 5. The van der Waals surface area contributed by atoms with Crippen LogP contribution >= 0.6 is 72.9 Å². The topological polar surface area (TPSA) is 75.7 Å². The Bertz CT molecular complexity index is 1040. The highest BCUT2D eigenvalue weighted by atomic mass is 127. The van der Waals surface area contributed by atoms with Gasteiger partial charge in [-0.1, -0.05) is 15.9 Å². The third kappa shape index (κ3) is 5.77. The summed E-state index contributed by atoms with van der Waals surface area (Å²) < 4.78 is 8.51. The molecule has 2 aromatic rings. The second-order valence-electron chi connectivity index (χ2n) is 6.06. The molecule has 2 aromatic carbocycles. The zero-order valence-corrected chi connectivity index (χ0v) is 22.3. The summed E-state index contributed by atoms with van der Waals surface area (Å²) in [6, 6.07) is 10.9.